The van der Waals surface area contributed by atoms with Crippen molar-refractivity contribution in [3.8, 4) is 0 Å². The zero-order chi connectivity index (χ0) is 15.5. The van der Waals surface area contributed by atoms with Crippen molar-refractivity contribution >= 4 is 45.6 Å². The molecule has 1 atom stereocenters. The van der Waals surface area contributed by atoms with Gasteiger partial charge in [-0.2, -0.15) is 5.10 Å². The molecule has 2 aromatic rings. The topological polar surface area (TPSA) is 50.2 Å². The molecule has 3 rings (SSSR count). The van der Waals surface area contributed by atoms with E-state index in [1.54, 1.807) is 16.2 Å². The largest absolute Gasteiger partial charge is 0.336 e. The maximum Gasteiger partial charge on any atom is 0.274 e. The number of aromatic nitrogens is 2. The number of carbonyl (C=O) groups is 1. The second-order valence-electron chi connectivity index (χ2n) is 5.60. The number of halogens is 2. The Morgan fingerprint density at radius 1 is 1.61 bits per heavy atom. The Labute approximate surface area is 154 Å². The van der Waals surface area contributed by atoms with Gasteiger partial charge in [-0.05, 0) is 58.4 Å². The van der Waals surface area contributed by atoms with Gasteiger partial charge < -0.3 is 10.2 Å². The third-order valence-corrected chi connectivity index (χ3v) is 5.41. The minimum Gasteiger partial charge on any atom is -0.336 e. The summed E-state index contributed by atoms with van der Waals surface area (Å²) < 4.78 is 3.01. The normalized spacial score (nSPS) is 17.6. The number of thiophene rings is 1. The van der Waals surface area contributed by atoms with Gasteiger partial charge in [0.1, 0.15) is 5.69 Å². The SMILES string of the molecule is CN(Cc1csc(Br)c1)C(=O)c1ccn(C2CCCNC2)n1.Cl. The van der Waals surface area contributed by atoms with Crippen LogP contribution in [-0.4, -0.2) is 40.7 Å². The van der Waals surface area contributed by atoms with E-state index >= 15 is 0 Å². The summed E-state index contributed by atoms with van der Waals surface area (Å²) in [6.45, 7) is 2.59. The maximum atomic E-state index is 12.5. The van der Waals surface area contributed by atoms with E-state index in [1.807, 2.05) is 30.1 Å². The van der Waals surface area contributed by atoms with Gasteiger partial charge >= 0.3 is 0 Å². The number of amides is 1. The molecule has 5 nitrogen and oxygen atoms in total. The van der Waals surface area contributed by atoms with Gasteiger partial charge in [-0.3, -0.25) is 9.48 Å². The first-order valence-corrected chi connectivity index (χ1v) is 9.05. The van der Waals surface area contributed by atoms with Crippen LogP contribution in [0.4, 0.5) is 0 Å². The molecule has 2 aromatic heterocycles. The van der Waals surface area contributed by atoms with Crippen LogP contribution >= 0.6 is 39.7 Å². The number of nitrogens with one attached hydrogen (secondary N) is 1. The van der Waals surface area contributed by atoms with Crippen LogP contribution in [0.1, 0.15) is 34.9 Å². The molecule has 1 N–H and O–H groups in total. The van der Waals surface area contributed by atoms with Crippen LogP contribution in [0.2, 0.25) is 0 Å². The van der Waals surface area contributed by atoms with Gasteiger partial charge in [-0.15, -0.1) is 23.7 Å². The van der Waals surface area contributed by atoms with Crippen LogP contribution < -0.4 is 5.32 Å². The van der Waals surface area contributed by atoms with Crippen molar-refractivity contribution in [3.63, 3.8) is 0 Å². The Kier molecular flexibility index (Phi) is 6.64. The highest BCUT2D eigenvalue weighted by molar-refractivity contribution is 9.11. The van der Waals surface area contributed by atoms with E-state index < -0.39 is 0 Å². The standard InChI is InChI=1S/C15H19BrN4OS.ClH/c1-19(9-11-7-14(16)22-10-11)15(21)13-4-6-20(18-13)12-3-2-5-17-8-12;/h4,6-7,10,12,17H,2-3,5,8-9H2,1H3;1H. The van der Waals surface area contributed by atoms with Crippen molar-refractivity contribution in [1.82, 2.24) is 20.0 Å². The third-order valence-electron chi connectivity index (χ3n) is 3.86. The van der Waals surface area contributed by atoms with Gasteiger partial charge in [0.15, 0.2) is 0 Å². The summed E-state index contributed by atoms with van der Waals surface area (Å²) in [6.07, 6.45) is 4.18. The Bertz CT molecular complexity index is 653. The lowest BCUT2D eigenvalue weighted by Crippen LogP contribution is -2.32. The van der Waals surface area contributed by atoms with Gasteiger partial charge in [-0.25, -0.2) is 0 Å². The fourth-order valence-corrected chi connectivity index (χ4v) is 3.88. The van der Waals surface area contributed by atoms with E-state index in [0.717, 1.165) is 35.3 Å². The number of rotatable bonds is 4. The van der Waals surface area contributed by atoms with E-state index in [2.05, 4.69) is 31.7 Å². The van der Waals surface area contributed by atoms with E-state index in [4.69, 9.17) is 0 Å². The van der Waals surface area contributed by atoms with E-state index in [1.165, 1.54) is 0 Å². The van der Waals surface area contributed by atoms with Crippen LogP contribution in [0.3, 0.4) is 0 Å². The number of nitrogens with zero attached hydrogens (tertiary/aromatic N) is 3. The average Bonchev–Trinajstić information content (AvgIpc) is 3.17. The van der Waals surface area contributed by atoms with Gasteiger partial charge in [0, 0.05) is 26.3 Å². The molecular weight excluding hydrogens is 400 g/mol. The van der Waals surface area contributed by atoms with Crippen molar-refractivity contribution in [1.29, 1.82) is 0 Å². The van der Waals surface area contributed by atoms with Gasteiger partial charge in [0.05, 0.1) is 9.83 Å². The summed E-state index contributed by atoms with van der Waals surface area (Å²) >= 11 is 5.07. The number of carbonyl (C=O) groups excluding carboxylic acids is 1. The Balaban J connectivity index is 0.00000192. The summed E-state index contributed by atoms with van der Waals surface area (Å²) in [5.74, 6) is -0.0372. The summed E-state index contributed by atoms with van der Waals surface area (Å²) in [7, 11) is 1.81. The predicted molar refractivity (Wildman–Crippen MR) is 98.4 cm³/mol. The number of hydrogen-bond donors (Lipinski definition) is 1. The van der Waals surface area contributed by atoms with Crippen LogP contribution in [-0.2, 0) is 6.54 Å². The van der Waals surface area contributed by atoms with Crippen molar-refractivity contribution in [2.45, 2.75) is 25.4 Å². The molecule has 0 saturated carbocycles. The molecule has 1 fully saturated rings. The molecule has 0 radical (unpaired) electrons. The predicted octanol–water partition coefficient (Wildman–Crippen LogP) is 3.33. The summed E-state index contributed by atoms with van der Waals surface area (Å²) in [5, 5.41) is 9.91. The summed E-state index contributed by atoms with van der Waals surface area (Å²) in [6, 6.07) is 4.21. The first-order valence-electron chi connectivity index (χ1n) is 7.38. The lowest BCUT2D eigenvalue weighted by atomic mass is 10.1. The van der Waals surface area contributed by atoms with Crippen LogP contribution in [0.15, 0.2) is 27.5 Å². The molecule has 1 unspecified atom stereocenters. The molecule has 3 heterocycles. The number of piperidine rings is 1. The first kappa shape index (κ1) is 18.4. The molecule has 0 aliphatic carbocycles. The molecule has 8 heteroatoms. The average molecular weight is 420 g/mol. The molecular formula is C15H20BrClN4OS. The molecule has 0 spiro atoms. The van der Waals surface area contributed by atoms with Crippen LogP contribution in [0.25, 0.3) is 0 Å². The minimum atomic E-state index is -0.0372. The highest BCUT2D eigenvalue weighted by Gasteiger charge is 2.19. The Hall–Kier alpha value is -0.890. The summed E-state index contributed by atoms with van der Waals surface area (Å²) in [5.41, 5.74) is 1.64. The van der Waals surface area contributed by atoms with E-state index in [0.29, 0.717) is 18.3 Å². The lowest BCUT2D eigenvalue weighted by Gasteiger charge is -2.23. The maximum absolute atomic E-state index is 12.5. The zero-order valence-electron chi connectivity index (χ0n) is 12.9. The molecule has 23 heavy (non-hydrogen) atoms. The van der Waals surface area contributed by atoms with Gasteiger partial charge in [-0.1, -0.05) is 0 Å². The molecule has 1 aliphatic heterocycles. The zero-order valence-corrected chi connectivity index (χ0v) is 16.1. The number of hydrogen-bond acceptors (Lipinski definition) is 4. The van der Waals surface area contributed by atoms with Crippen molar-refractivity contribution in [2.75, 3.05) is 20.1 Å². The van der Waals surface area contributed by atoms with Crippen LogP contribution in [0.5, 0.6) is 0 Å². The fraction of sp³-hybridized carbons (Fsp3) is 0.467. The monoisotopic (exact) mass is 418 g/mol. The summed E-state index contributed by atoms with van der Waals surface area (Å²) in [4.78, 5) is 14.2. The van der Waals surface area contributed by atoms with E-state index in [9.17, 15) is 4.79 Å². The van der Waals surface area contributed by atoms with Crippen molar-refractivity contribution < 1.29 is 4.79 Å². The van der Waals surface area contributed by atoms with Gasteiger partial charge in [0.2, 0.25) is 0 Å². The molecule has 0 bridgehead atoms. The molecule has 126 valence electrons. The molecule has 1 saturated heterocycles. The van der Waals surface area contributed by atoms with Crippen LogP contribution in [0, 0.1) is 0 Å². The van der Waals surface area contributed by atoms with E-state index in [-0.39, 0.29) is 18.3 Å². The Morgan fingerprint density at radius 2 is 2.43 bits per heavy atom. The molecule has 0 aromatic carbocycles. The highest BCUT2D eigenvalue weighted by atomic mass is 79.9. The first-order chi connectivity index (χ1) is 10.6. The molecule has 1 aliphatic rings. The highest BCUT2D eigenvalue weighted by Crippen LogP contribution is 2.22. The second-order valence-corrected chi connectivity index (χ2v) is 7.89. The Morgan fingerprint density at radius 3 is 3.09 bits per heavy atom. The molecule has 1 amide bonds. The third kappa shape index (κ3) is 4.56. The lowest BCUT2D eigenvalue weighted by molar-refractivity contribution is 0.0778. The quantitative estimate of drug-likeness (QED) is 0.827. The second kappa shape index (κ2) is 8.28. The van der Waals surface area contributed by atoms with Crippen molar-refractivity contribution in [2.24, 2.45) is 0 Å². The minimum absolute atomic E-state index is 0. The smallest absolute Gasteiger partial charge is 0.274 e. The fourth-order valence-electron chi connectivity index (χ4n) is 2.68. The van der Waals surface area contributed by atoms with Crippen molar-refractivity contribution in [3.05, 3.63) is 38.8 Å². The van der Waals surface area contributed by atoms with Gasteiger partial charge in [0.25, 0.3) is 5.91 Å².